The monoisotopic (exact) mass is 390 g/mol. The summed E-state index contributed by atoms with van der Waals surface area (Å²) in [5.74, 6) is -0.935. The lowest BCUT2D eigenvalue weighted by Crippen LogP contribution is -2.44. The number of hydrogen-bond acceptors (Lipinski definition) is 3. The van der Waals surface area contributed by atoms with E-state index in [-0.39, 0.29) is 17.7 Å². The van der Waals surface area contributed by atoms with Gasteiger partial charge in [0.2, 0.25) is 5.91 Å². The van der Waals surface area contributed by atoms with Crippen molar-refractivity contribution in [2.24, 2.45) is 11.8 Å². The lowest BCUT2D eigenvalue weighted by atomic mass is 9.81. The average Bonchev–Trinajstić information content (AvgIpc) is 2.61. The number of carboxylic acid groups (broad SMARTS) is 1. The standard InChI is InChI=1S/C21H34N2O3Si/c1-27(2,3)16-23(15-17-7-5-4-6-8-17)14-13-22-20(24)18-9-11-19(12-10-18)21(25)26/h4-8,18-19H,9-16H2,1-3H3,(H,22,24)(H,25,26). The summed E-state index contributed by atoms with van der Waals surface area (Å²) < 4.78 is 0. The fraction of sp³-hybridized carbons (Fsp3) is 0.619. The molecule has 1 fully saturated rings. The van der Waals surface area contributed by atoms with Crippen LogP contribution in [0.2, 0.25) is 19.6 Å². The summed E-state index contributed by atoms with van der Waals surface area (Å²) in [4.78, 5) is 25.9. The first-order valence-corrected chi connectivity index (χ1v) is 13.7. The Morgan fingerprint density at radius 3 is 2.22 bits per heavy atom. The van der Waals surface area contributed by atoms with Gasteiger partial charge in [0, 0.05) is 25.6 Å². The van der Waals surface area contributed by atoms with E-state index in [9.17, 15) is 9.59 Å². The third kappa shape index (κ3) is 7.85. The molecule has 1 amide bonds. The Kier molecular flexibility index (Phi) is 8.04. The van der Waals surface area contributed by atoms with Crippen molar-refractivity contribution in [3.05, 3.63) is 35.9 Å². The predicted octanol–water partition coefficient (Wildman–Crippen LogP) is 3.37. The highest BCUT2D eigenvalue weighted by molar-refractivity contribution is 6.76. The molecule has 0 aromatic heterocycles. The fourth-order valence-electron chi connectivity index (χ4n) is 3.81. The van der Waals surface area contributed by atoms with Gasteiger partial charge in [0.1, 0.15) is 0 Å². The van der Waals surface area contributed by atoms with E-state index in [4.69, 9.17) is 5.11 Å². The Morgan fingerprint density at radius 1 is 1.07 bits per heavy atom. The van der Waals surface area contributed by atoms with Gasteiger partial charge in [0.15, 0.2) is 0 Å². The third-order valence-corrected chi connectivity index (χ3v) is 6.52. The molecule has 1 aliphatic rings. The highest BCUT2D eigenvalue weighted by Crippen LogP contribution is 2.28. The van der Waals surface area contributed by atoms with Crippen LogP contribution in [0.3, 0.4) is 0 Å². The summed E-state index contributed by atoms with van der Waals surface area (Å²) in [7, 11) is -1.24. The number of rotatable bonds is 9. The summed E-state index contributed by atoms with van der Waals surface area (Å²) in [6, 6.07) is 10.5. The molecule has 0 radical (unpaired) electrons. The van der Waals surface area contributed by atoms with Crippen molar-refractivity contribution in [3.63, 3.8) is 0 Å². The molecule has 0 unspecified atom stereocenters. The van der Waals surface area contributed by atoms with Crippen LogP contribution in [0, 0.1) is 11.8 Å². The van der Waals surface area contributed by atoms with Crippen molar-refractivity contribution in [3.8, 4) is 0 Å². The number of carbonyl (C=O) groups excluding carboxylic acids is 1. The average molecular weight is 391 g/mol. The summed E-state index contributed by atoms with van der Waals surface area (Å²) in [5.41, 5.74) is 1.30. The van der Waals surface area contributed by atoms with Crippen molar-refractivity contribution in [1.29, 1.82) is 0 Å². The SMILES string of the molecule is C[Si](C)(C)CN(CCNC(=O)C1CCC(C(=O)O)CC1)Cc1ccccc1. The van der Waals surface area contributed by atoms with E-state index >= 15 is 0 Å². The fourth-order valence-corrected chi connectivity index (χ4v) is 5.42. The number of benzene rings is 1. The van der Waals surface area contributed by atoms with Crippen LogP contribution in [-0.4, -0.2) is 49.2 Å². The van der Waals surface area contributed by atoms with E-state index in [2.05, 4.69) is 54.1 Å². The molecule has 2 rings (SSSR count). The van der Waals surface area contributed by atoms with Crippen molar-refractivity contribution < 1.29 is 14.7 Å². The van der Waals surface area contributed by atoms with Gasteiger partial charge in [-0.05, 0) is 37.4 Å². The predicted molar refractivity (Wildman–Crippen MR) is 111 cm³/mol. The molecule has 0 atom stereocenters. The van der Waals surface area contributed by atoms with E-state index in [1.807, 2.05) is 6.07 Å². The van der Waals surface area contributed by atoms with E-state index in [1.165, 1.54) is 5.56 Å². The van der Waals surface area contributed by atoms with E-state index in [0.717, 1.165) is 19.3 Å². The second kappa shape index (κ2) is 10.0. The van der Waals surface area contributed by atoms with Crippen molar-refractivity contribution in [2.75, 3.05) is 19.3 Å². The molecule has 1 aromatic rings. The molecule has 6 heteroatoms. The normalized spacial score (nSPS) is 20.4. The van der Waals surface area contributed by atoms with Crippen LogP contribution in [0.25, 0.3) is 0 Å². The molecule has 1 aliphatic carbocycles. The minimum absolute atomic E-state index is 0.0276. The molecular weight excluding hydrogens is 356 g/mol. The van der Waals surface area contributed by atoms with Gasteiger partial charge in [0.05, 0.1) is 14.0 Å². The van der Waals surface area contributed by atoms with Gasteiger partial charge >= 0.3 is 5.97 Å². The number of nitrogens with one attached hydrogen (secondary N) is 1. The zero-order chi connectivity index (χ0) is 19.9. The quantitative estimate of drug-likeness (QED) is 0.634. The van der Waals surface area contributed by atoms with Gasteiger partial charge in [0.25, 0.3) is 0 Å². The zero-order valence-corrected chi connectivity index (χ0v) is 17.9. The minimum atomic E-state index is -1.24. The molecule has 0 heterocycles. The number of carbonyl (C=O) groups is 2. The van der Waals surface area contributed by atoms with Crippen molar-refractivity contribution in [2.45, 2.75) is 51.9 Å². The van der Waals surface area contributed by atoms with Crippen LogP contribution < -0.4 is 5.32 Å². The van der Waals surface area contributed by atoms with Crippen LogP contribution in [-0.2, 0) is 16.1 Å². The molecule has 27 heavy (non-hydrogen) atoms. The van der Waals surface area contributed by atoms with Gasteiger partial charge in [-0.25, -0.2) is 0 Å². The number of carboxylic acids is 1. The summed E-state index contributed by atoms with van der Waals surface area (Å²) in [5, 5.41) is 12.2. The number of amides is 1. The van der Waals surface area contributed by atoms with E-state index < -0.39 is 14.0 Å². The Bertz CT molecular complexity index is 608. The highest BCUT2D eigenvalue weighted by Gasteiger charge is 2.29. The lowest BCUT2D eigenvalue weighted by Gasteiger charge is -2.30. The number of hydrogen-bond donors (Lipinski definition) is 2. The van der Waals surface area contributed by atoms with Crippen LogP contribution in [0.5, 0.6) is 0 Å². The third-order valence-electron chi connectivity index (χ3n) is 5.12. The smallest absolute Gasteiger partial charge is 0.306 e. The van der Waals surface area contributed by atoms with Crippen molar-refractivity contribution in [1.82, 2.24) is 10.2 Å². The van der Waals surface area contributed by atoms with Gasteiger partial charge in [-0.1, -0.05) is 50.0 Å². The molecule has 0 aliphatic heterocycles. The Balaban J connectivity index is 1.80. The Labute approximate surface area is 164 Å². The molecule has 0 spiro atoms. The second-order valence-electron chi connectivity index (χ2n) is 8.93. The van der Waals surface area contributed by atoms with E-state index in [0.29, 0.717) is 32.2 Å². The van der Waals surface area contributed by atoms with Gasteiger partial charge in [-0.2, -0.15) is 0 Å². The van der Waals surface area contributed by atoms with Crippen LogP contribution >= 0.6 is 0 Å². The van der Waals surface area contributed by atoms with Gasteiger partial charge in [-0.15, -0.1) is 0 Å². The van der Waals surface area contributed by atoms with Crippen LogP contribution in [0.1, 0.15) is 31.2 Å². The van der Waals surface area contributed by atoms with Crippen LogP contribution in [0.15, 0.2) is 30.3 Å². The van der Waals surface area contributed by atoms with Crippen molar-refractivity contribution >= 4 is 20.0 Å². The zero-order valence-electron chi connectivity index (χ0n) is 16.9. The van der Waals surface area contributed by atoms with Gasteiger partial charge < -0.3 is 15.3 Å². The molecular formula is C21H34N2O3Si. The molecule has 1 aromatic carbocycles. The molecule has 1 saturated carbocycles. The molecule has 0 bridgehead atoms. The number of aliphatic carboxylic acids is 1. The minimum Gasteiger partial charge on any atom is -0.481 e. The van der Waals surface area contributed by atoms with Gasteiger partial charge in [-0.3, -0.25) is 9.59 Å². The molecule has 5 nitrogen and oxygen atoms in total. The Morgan fingerprint density at radius 2 is 1.67 bits per heavy atom. The first kappa shape index (κ1) is 21.6. The molecule has 2 N–H and O–H groups in total. The molecule has 0 saturated heterocycles. The largest absolute Gasteiger partial charge is 0.481 e. The number of nitrogens with zero attached hydrogens (tertiary/aromatic N) is 1. The Hall–Kier alpha value is -1.66. The summed E-state index contributed by atoms with van der Waals surface area (Å²) in [6.45, 7) is 9.49. The maximum atomic E-state index is 12.4. The topological polar surface area (TPSA) is 69.6 Å². The molecule has 150 valence electrons. The summed E-state index contributed by atoms with van der Waals surface area (Å²) >= 11 is 0. The second-order valence-corrected chi connectivity index (χ2v) is 14.4. The summed E-state index contributed by atoms with van der Waals surface area (Å²) in [6.07, 6.45) is 3.70. The maximum absolute atomic E-state index is 12.4. The van der Waals surface area contributed by atoms with E-state index in [1.54, 1.807) is 0 Å². The maximum Gasteiger partial charge on any atom is 0.306 e. The first-order valence-electron chi connectivity index (χ1n) is 10.0. The first-order chi connectivity index (χ1) is 12.7. The lowest BCUT2D eigenvalue weighted by molar-refractivity contribution is -0.144. The van der Waals surface area contributed by atoms with Crippen LogP contribution in [0.4, 0.5) is 0 Å². The highest BCUT2D eigenvalue weighted by atomic mass is 28.3.